The van der Waals surface area contributed by atoms with E-state index < -0.39 is 23.9 Å². The minimum atomic E-state index is -0.990. The Morgan fingerprint density at radius 2 is 1.49 bits per heavy atom. The first-order valence-corrected chi connectivity index (χ1v) is 25.2. The lowest BCUT2D eigenvalue weighted by Gasteiger charge is -2.38. The number of amides is 3. The fraction of sp³-hybridized carbons (Fsp3) is 0.446. The van der Waals surface area contributed by atoms with Crippen molar-refractivity contribution in [3.8, 4) is 22.8 Å². The van der Waals surface area contributed by atoms with Crippen molar-refractivity contribution in [2.24, 2.45) is 18.9 Å². The monoisotopic (exact) mass is 1020 g/mol. The number of Topliss-reactive ketones (excluding diaryl/α,β-unsaturated/α-hetero) is 1. The zero-order chi connectivity index (χ0) is 49.9. The molecule has 378 valence electrons. The number of benzene rings is 4. The molecule has 5 atom stereocenters. The maximum Gasteiger partial charge on any atom is 0.228 e. The predicted molar refractivity (Wildman–Crippen MR) is 281 cm³/mol. The Morgan fingerprint density at radius 1 is 0.803 bits per heavy atom. The van der Waals surface area contributed by atoms with Crippen molar-refractivity contribution in [1.82, 2.24) is 29.2 Å². The number of hydrogen-bond donors (Lipinski definition) is 0. The summed E-state index contributed by atoms with van der Waals surface area (Å²) in [6.45, 7) is 9.21. The van der Waals surface area contributed by atoms with E-state index in [0.717, 1.165) is 53.4 Å². The van der Waals surface area contributed by atoms with Crippen LogP contribution in [0.4, 0.5) is 0 Å². The maximum atomic E-state index is 15.3. The van der Waals surface area contributed by atoms with Gasteiger partial charge in [0.05, 0.1) is 55.5 Å². The van der Waals surface area contributed by atoms with Crippen molar-refractivity contribution in [3.63, 3.8) is 0 Å². The number of carbonyl (C=O) groups is 4. The first kappa shape index (κ1) is 53.6. The van der Waals surface area contributed by atoms with Gasteiger partial charge in [-0.15, -0.1) is 12.4 Å². The van der Waals surface area contributed by atoms with Crippen LogP contribution in [0.2, 0.25) is 10.0 Å². The number of likely N-dealkylation sites (N-methyl/N-ethyl adjacent to an activating group) is 2. The van der Waals surface area contributed by atoms with Gasteiger partial charge in [0.2, 0.25) is 17.7 Å². The van der Waals surface area contributed by atoms with E-state index in [9.17, 15) is 9.59 Å². The molecule has 4 aromatic carbocycles. The Morgan fingerprint density at radius 3 is 2.20 bits per heavy atom. The number of hydrogen-bond acceptors (Lipinski definition) is 8. The van der Waals surface area contributed by atoms with Gasteiger partial charge in [-0.25, -0.2) is 4.98 Å². The third-order valence-corrected chi connectivity index (χ3v) is 15.5. The molecule has 0 unspecified atom stereocenters. The normalized spacial score (nSPS) is 22.4. The van der Waals surface area contributed by atoms with Crippen molar-refractivity contribution < 1.29 is 28.7 Å². The molecule has 2 saturated heterocycles. The summed E-state index contributed by atoms with van der Waals surface area (Å²) in [6.07, 6.45) is 5.11. The molecule has 0 radical (unpaired) electrons. The lowest BCUT2D eigenvalue weighted by Crippen LogP contribution is -2.52. The second-order valence-electron chi connectivity index (χ2n) is 20.2. The Labute approximate surface area is 435 Å². The standard InChI is InChI=1S/C56H66Cl2N6O6.ClH/c1-36-50(65)27-40(35-69-7)54(67)61(5)43(26-37-14-19-41(57)20-15-37)33-60(4)55(68)46(47-30-56(2,3)48-13-9-8-12-45(47)48)29-53(66)64(36)32-39-16-21-42(58)28-51(39)70-44-22-17-38(18-23-44)49-31-59-52(62(49)6)34-63-24-10-11-25-63;/h8-9,12-23,28,31,36,40,43,46-47H,10-11,24-27,29-30,32-35H2,1-7H3;1H/t36-,40-,43+,46-,47-;/m0./s1. The summed E-state index contributed by atoms with van der Waals surface area (Å²) in [7, 11) is 7.03. The molecule has 2 aliphatic heterocycles. The van der Waals surface area contributed by atoms with E-state index >= 15 is 9.59 Å². The van der Waals surface area contributed by atoms with Gasteiger partial charge in [0.25, 0.3) is 0 Å². The number of ether oxygens (including phenoxy) is 2. The molecule has 0 bridgehead atoms. The van der Waals surface area contributed by atoms with Crippen molar-refractivity contribution in [3.05, 3.63) is 135 Å². The Kier molecular flexibility index (Phi) is 17.4. The first-order valence-electron chi connectivity index (χ1n) is 24.5. The van der Waals surface area contributed by atoms with Crippen molar-refractivity contribution in [2.75, 3.05) is 47.4 Å². The van der Waals surface area contributed by atoms with Crippen LogP contribution in [0.5, 0.6) is 11.5 Å². The van der Waals surface area contributed by atoms with Crippen LogP contribution in [0, 0.1) is 11.8 Å². The van der Waals surface area contributed by atoms with Gasteiger partial charge in [0, 0.05) is 68.8 Å². The summed E-state index contributed by atoms with van der Waals surface area (Å²) in [4.78, 5) is 72.0. The topological polar surface area (TPSA) is 118 Å². The van der Waals surface area contributed by atoms with Crippen LogP contribution < -0.4 is 4.74 Å². The Balaban J connectivity index is 0.00000741. The largest absolute Gasteiger partial charge is 0.457 e. The minimum Gasteiger partial charge on any atom is -0.457 e. The summed E-state index contributed by atoms with van der Waals surface area (Å²) in [6, 6.07) is 27.2. The summed E-state index contributed by atoms with van der Waals surface area (Å²) >= 11 is 12.9. The number of ketones is 1. The third-order valence-electron chi connectivity index (χ3n) is 15.0. The van der Waals surface area contributed by atoms with Crippen LogP contribution in [0.25, 0.3) is 11.3 Å². The summed E-state index contributed by atoms with van der Waals surface area (Å²) in [5.74, 6) is -1.07. The molecule has 71 heavy (non-hydrogen) atoms. The molecule has 3 amide bonds. The second kappa shape index (κ2) is 23.1. The van der Waals surface area contributed by atoms with E-state index in [1.54, 1.807) is 53.9 Å². The number of rotatable bonds is 12. The van der Waals surface area contributed by atoms with Gasteiger partial charge >= 0.3 is 0 Å². The average Bonchev–Trinajstić information content (AvgIpc) is 4.07. The molecule has 1 aromatic heterocycles. The summed E-state index contributed by atoms with van der Waals surface area (Å²) in [5.41, 5.74) is 5.47. The van der Waals surface area contributed by atoms with Gasteiger partial charge in [0.1, 0.15) is 17.3 Å². The van der Waals surface area contributed by atoms with Crippen molar-refractivity contribution in [1.29, 1.82) is 0 Å². The van der Waals surface area contributed by atoms with E-state index in [1.807, 2.05) is 73.9 Å². The number of aromatic nitrogens is 2. The second-order valence-corrected chi connectivity index (χ2v) is 21.1. The van der Waals surface area contributed by atoms with Crippen LogP contribution in [0.1, 0.15) is 86.9 Å². The lowest BCUT2D eigenvalue weighted by atomic mass is 9.80. The highest BCUT2D eigenvalue weighted by Gasteiger charge is 2.46. The van der Waals surface area contributed by atoms with Crippen LogP contribution in [0.15, 0.2) is 97.2 Å². The molecule has 2 fully saturated rings. The molecule has 5 aromatic rings. The highest BCUT2D eigenvalue weighted by atomic mass is 35.5. The number of methoxy groups -OCH3 is 1. The smallest absolute Gasteiger partial charge is 0.228 e. The average molecular weight is 1030 g/mol. The number of imidazole rings is 1. The van der Waals surface area contributed by atoms with E-state index in [4.69, 9.17) is 37.7 Å². The number of likely N-dealkylation sites (tertiary alicyclic amines) is 1. The fourth-order valence-corrected chi connectivity index (χ4v) is 11.1. The molecule has 8 rings (SSSR count). The highest BCUT2D eigenvalue weighted by Crippen LogP contribution is 2.50. The van der Waals surface area contributed by atoms with Crippen LogP contribution in [-0.4, -0.2) is 112 Å². The van der Waals surface area contributed by atoms with Gasteiger partial charge in [-0.1, -0.05) is 79.5 Å². The van der Waals surface area contributed by atoms with Crippen LogP contribution in [-0.2, 0) is 55.9 Å². The van der Waals surface area contributed by atoms with Gasteiger partial charge in [-0.05, 0) is 122 Å². The summed E-state index contributed by atoms with van der Waals surface area (Å²) in [5, 5.41) is 1.02. The van der Waals surface area contributed by atoms with Crippen LogP contribution >= 0.6 is 35.6 Å². The number of halogens is 3. The molecule has 1 aliphatic carbocycles. The van der Waals surface area contributed by atoms with E-state index in [0.29, 0.717) is 39.9 Å². The molecule has 12 nitrogen and oxygen atoms in total. The molecule has 3 aliphatic rings. The molecule has 15 heteroatoms. The van der Waals surface area contributed by atoms with Gasteiger partial charge in [0.15, 0.2) is 5.78 Å². The maximum absolute atomic E-state index is 15.3. The fourth-order valence-electron chi connectivity index (χ4n) is 10.9. The highest BCUT2D eigenvalue weighted by molar-refractivity contribution is 6.31. The quantitative estimate of drug-likeness (QED) is 0.121. The Bertz CT molecular complexity index is 2690. The molecule has 0 saturated carbocycles. The van der Waals surface area contributed by atoms with E-state index in [-0.39, 0.29) is 79.8 Å². The van der Waals surface area contributed by atoms with Crippen molar-refractivity contribution in [2.45, 2.75) is 95.8 Å². The molecule has 0 N–H and O–H groups in total. The molecular weight excluding hydrogens is 959 g/mol. The summed E-state index contributed by atoms with van der Waals surface area (Å²) < 4.78 is 14.3. The van der Waals surface area contributed by atoms with Gasteiger partial charge < -0.3 is 28.7 Å². The van der Waals surface area contributed by atoms with Crippen molar-refractivity contribution >= 4 is 59.1 Å². The SMILES string of the molecule is COC[C@@H]1CC(=O)[C@H](C)N(Cc2ccc(Cl)cc2Oc2ccc(-c3cnc(CN4CCCC4)n3C)cc2)C(=O)C[C@@H]([C@H]2CC(C)(C)c3ccccc32)C(=O)N(C)C[C@@H](Cc2ccc(Cl)cc2)N(C)C1=O.Cl. The first-order chi connectivity index (χ1) is 33.5. The Hall–Kier alpha value is -5.24. The van der Waals surface area contributed by atoms with E-state index in [2.05, 4.69) is 35.4 Å². The molecule has 3 heterocycles. The van der Waals surface area contributed by atoms with Gasteiger partial charge in [-0.2, -0.15) is 0 Å². The molecule has 0 spiro atoms. The van der Waals surface area contributed by atoms with E-state index in [1.165, 1.54) is 20.0 Å². The molecular formula is C56H67Cl3N6O6. The zero-order valence-electron chi connectivity index (χ0n) is 41.9. The number of fused-ring (bicyclic) bond motifs is 1. The minimum absolute atomic E-state index is 0. The third kappa shape index (κ3) is 12.2. The predicted octanol–water partition coefficient (Wildman–Crippen LogP) is 10.2. The van der Waals surface area contributed by atoms with Gasteiger partial charge in [-0.3, -0.25) is 24.1 Å². The number of nitrogens with zero attached hydrogens (tertiary/aromatic N) is 6. The number of carbonyl (C=O) groups excluding carboxylic acids is 4. The lowest BCUT2D eigenvalue weighted by molar-refractivity contribution is -0.148. The zero-order valence-corrected chi connectivity index (χ0v) is 44.2. The van der Waals surface area contributed by atoms with Crippen LogP contribution in [0.3, 0.4) is 0 Å².